The van der Waals surface area contributed by atoms with Gasteiger partial charge in [0.1, 0.15) is 11.3 Å². The summed E-state index contributed by atoms with van der Waals surface area (Å²) in [7, 11) is 3.82. The number of anilines is 1. The van der Waals surface area contributed by atoms with Gasteiger partial charge >= 0.3 is 6.61 Å². The highest BCUT2D eigenvalue weighted by molar-refractivity contribution is 7.98. The van der Waals surface area contributed by atoms with Crippen LogP contribution in [-0.4, -0.2) is 26.6 Å². The monoisotopic (exact) mass is 378 g/mol. The first-order chi connectivity index (χ1) is 12.4. The molecule has 0 unspecified atom stereocenters. The van der Waals surface area contributed by atoms with Gasteiger partial charge in [0.25, 0.3) is 5.91 Å². The summed E-state index contributed by atoms with van der Waals surface area (Å²) in [6.45, 7) is -2.94. The average Bonchev–Trinajstić information content (AvgIpc) is 3.03. The molecule has 0 bridgehead atoms. The number of fused-ring (bicyclic) bond motifs is 1. The summed E-state index contributed by atoms with van der Waals surface area (Å²) < 4.78 is 37.5. The molecule has 1 aromatic heterocycles. The molecule has 3 aromatic rings. The van der Waals surface area contributed by atoms with Crippen LogP contribution in [0.4, 0.5) is 14.5 Å². The number of benzene rings is 2. The molecule has 2 aromatic carbocycles. The van der Waals surface area contributed by atoms with E-state index >= 15 is 0 Å². The van der Waals surface area contributed by atoms with Crippen LogP contribution in [0.15, 0.2) is 57.8 Å². The molecule has 3 rings (SSSR count). The minimum absolute atomic E-state index is 0.00645. The molecule has 0 saturated carbocycles. The van der Waals surface area contributed by atoms with Crippen molar-refractivity contribution in [1.29, 1.82) is 0 Å². The van der Waals surface area contributed by atoms with Crippen LogP contribution in [0.5, 0.6) is 5.75 Å². The van der Waals surface area contributed by atoms with Crippen molar-refractivity contribution < 1.29 is 22.7 Å². The van der Waals surface area contributed by atoms with Crippen molar-refractivity contribution in [2.75, 3.05) is 19.0 Å². The number of ether oxygens (including phenoxy) is 1. The Morgan fingerprint density at radius 1 is 1.19 bits per heavy atom. The number of nitrogens with zero attached hydrogens (tertiary/aromatic N) is 1. The van der Waals surface area contributed by atoms with Gasteiger partial charge in [0.2, 0.25) is 0 Å². The van der Waals surface area contributed by atoms with E-state index in [4.69, 9.17) is 4.42 Å². The predicted molar refractivity (Wildman–Crippen MR) is 96.9 cm³/mol. The van der Waals surface area contributed by atoms with Crippen LogP contribution in [0.25, 0.3) is 11.0 Å². The maximum Gasteiger partial charge on any atom is 0.387 e. The smallest absolute Gasteiger partial charge is 0.387 e. The molecule has 1 amide bonds. The molecule has 5 nitrogen and oxygen atoms in total. The van der Waals surface area contributed by atoms with Gasteiger partial charge in [0.15, 0.2) is 5.76 Å². The zero-order valence-corrected chi connectivity index (χ0v) is 14.8. The number of rotatable bonds is 6. The van der Waals surface area contributed by atoms with Gasteiger partial charge in [-0.05, 0) is 42.3 Å². The lowest BCUT2D eigenvalue weighted by Gasteiger charge is -2.11. The Kier molecular flexibility index (Phi) is 5.32. The van der Waals surface area contributed by atoms with Gasteiger partial charge in [0, 0.05) is 31.2 Å². The highest BCUT2D eigenvalue weighted by Gasteiger charge is 2.15. The zero-order chi connectivity index (χ0) is 18.7. The molecule has 8 heteroatoms. The Morgan fingerprint density at radius 2 is 1.96 bits per heavy atom. The molecule has 0 fully saturated rings. The van der Waals surface area contributed by atoms with Crippen LogP contribution >= 0.6 is 11.9 Å². The molecule has 1 heterocycles. The Bertz CT molecular complexity index is 928. The molecule has 1 N–H and O–H groups in total. The van der Waals surface area contributed by atoms with Crippen molar-refractivity contribution in [1.82, 2.24) is 4.72 Å². The molecule has 0 aliphatic heterocycles. The van der Waals surface area contributed by atoms with E-state index in [0.717, 1.165) is 23.0 Å². The molecule has 26 heavy (non-hydrogen) atoms. The first-order valence-electron chi connectivity index (χ1n) is 7.66. The molecule has 0 saturated heterocycles. The van der Waals surface area contributed by atoms with E-state index in [-0.39, 0.29) is 11.5 Å². The lowest BCUT2D eigenvalue weighted by molar-refractivity contribution is -0.0516. The molecule has 0 radical (unpaired) electrons. The second kappa shape index (κ2) is 7.65. The van der Waals surface area contributed by atoms with Gasteiger partial charge in [-0.15, -0.1) is 0 Å². The fraction of sp³-hybridized carbons (Fsp3) is 0.167. The third kappa shape index (κ3) is 4.08. The van der Waals surface area contributed by atoms with E-state index in [9.17, 15) is 13.6 Å². The molecular weight excluding hydrogens is 362 g/mol. The Hall–Kier alpha value is -2.74. The number of hydrogen-bond donors (Lipinski definition) is 1. The van der Waals surface area contributed by atoms with E-state index < -0.39 is 12.5 Å². The third-order valence-corrected chi connectivity index (χ3v) is 4.41. The Morgan fingerprint density at radius 3 is 2.69 bits per heavy atom. The fourth-order valence-corrected chi connectivity index (χ4v) is 2.96. The van der Waals surface area contributed by atoms with Crippen LogP contribution in [-0.2, 0) is 0 Å². The SMILES string of the molecule is CN(C)c1ccc2cc(C(=O)NSc3ccccc3OC(F)F)oc2c1. The van der Waals surface area contributed by atoms with Crippen LogP contribution < -0.4 is 14.4 Å². The van der Waals surface area contributed by atoms with Crippen molar-refractivity contribution in [3.8, 4) is 5.75 Å². The third-order valence-electron chi connectivity index (χ3n) is 3.56. The van der Waals surface area contributed by atoms with Gasteiger partial charge in [-0.3, -0.25) is 9.52 Å². The maximum absolute atomic E-state index is 12.4. The maximum atomic E-state index is 12.4. The topological polar surface area (TPSA) is 54.7 Å². The Balaban J connectivity index is 1.74. The van der Waals surface area contributed by atoms with E-state index in [1.54, 1.807) is 24.3 Å². The van der Waals surface area contributed by atoms with Crippen molar-refractivity contribution in [3.63, 3.8) is 0 Å². The van der Waals surface area contributed by atoms with Gasteiger partial charge in [0.05, 0.1) is 4.90 Å². The number of alkyl halides is 2. The second-order valence-electron chi connectivity index (χ2n) is 5.59. The molecule has 136 valence electrons. The lowest BCUT2D eigenvalue weighted by Crippen LogP contribution is -2.15. The lowest BCUT2D eigenvalue weighted by atomic mass is 10.2. The summed E-state index contributed by atoms with van der Waals surface area (Å²) in [5.41, 5.74) is 1.54. The largest absolute Gasteiger partial charge is 0.451 e. The van der Waals surface area contributed by atoms with Crippen LogP contribution in [0.3, 0.4) is 0 Å². The zero-order valence-electron chi connectivity index (χ0n) is 14.0. The normalized spacial score (nSPS) is 11.0. The summed E-state index contributed by atoms with van der Waals surface area (Å²) >= 11 is 0.884. The molecular formula is C18H16F2N2O3S. The average molecular weight is 378 g/mol. The number of halogens is 2. The van der Waals surface area contributed by atoms with Crippen LogP contribution in [0.2, 0.25) is 0 Å². The van der Waals surface area contributed by atoms with Gasteiger partial charge in [-0.2, -0.15) is 8.78 Å². The highest BCUT2D eigenvalue weighted by atomic mass is 32.2. The van der Waals surface area contributed by atoms with Crippen LogP contribution in [0.1, 0.15) is 10.6 Å². The predicted octanol–water partition coefficient (Wildman–Crippen LogP) is 4.54. The van der Waals surface area contributed by atoms with Crippen molar-refractivity contribution >= 4 is 34.5 Å². The summed E-state index contributed by atoms with van der Waals surface area (Å²) in [5, 5.41) is 0.798. The van der Waals surface area contributed by atoms with Gasteiger partial charge < -0.3 is 14.1 Å². The number of para-hydroxylation sites is 1. The Labute approximate surface area is 153 Å². The number of amides is 1. The van der Waals surface area contributed by atoms with Crippen LogP contribution in [0, 0.1) is 0 Å². The molecule has 0 aliphatic carbocycles. The number of carbonyl (C=O) groups is 1. The summed E-state index contributed by atoms with van der Waals surface area (Å²) in [6, 6.07) is 13.5. The van der Waals surface area contributed by atoms with E-state index in [1.165, 1.54) is 6.07 Å². The first kappa shape index (κ1) is 18.1. The minimum atomic E-state index is -2.94. The fourth-order valence-electron chi connectivity index (χ4n) is 2.29. The molecule has 0 atom stereocenters. The van der Waals surface area contributed by atoms with E-state index in [0.29, 0.717) is 10.5 Å². The standard InChI is InChI=1S/C18H16F2N2O3S/c1-22(2)12-8-7-11-9-15(24-14(11)10-12)17(23)21-26-16-6-4-3-5-13(16)25-18(19)20/h3-10,18H,1-2H3,(H,21,23). The van der Waals surface area contributed by atoms with E-state index in [1.807, 2.05) is 37.2 Å². The molecule has 0 aliphatic rings. The van der Waals surface area contributed by atoms with Gasteiger partial charge in [-0.1, -0.05) is 12.1 Å². The second-order valence-corrected chi connectivity index (χ2v) is 6.43. The summed E-state index contributed by atoms with van der Waals surface area (Å²) in [6.07, 6.45) is 0. The van der Waals surface area contributed by atoms with Crippen molar-refractivity contribution in [3.05, 3.63) is 54.3 Å². The number of carbonyl (C=O) groups excluding carboxylic acids is 1. The molecule has 0 spiro atoms. The quantitative estimate of drug-likeness (QED) is 0.639. The van der Waals surface area contributed by atoms with Gasteiger partial charge in [-0.25, -0.2) is 0 Å². The number of hydrogen-bond acceptors (Lipinski definition) is 5. The summed E-state index contributed by atoms with van der Waals surface area (Å²) in [4.78, 5) is 14.6. The minimum Gasteiger partial charge on any atom is -0.451 e. The summed E-state index contributed by atoms with van der Waals surface area (Å²) in [5.74, 6) is -0.340. The number of furan rings is 1. The van der Waals surface area contributed by atoms with Crippen molar-refractivity contribution in [2.45, 2.75) is 11.5 Å². The number of nitrogens with one attached hydrogen (secondary N) is 1. The van der Waals surface area contributed by atoms with Crippen molar-refractivity contribution in [2.24, 2.45) is 0 Å². The highest BCUT2D eigenvalue weighted by Crippen LogP contribution is 2.29. The first-order valence-corrected chi connectivity index (χ1v) is 8.47. The van der Waals surface area contributed by atoms with E-state index in [2.05, 4.69) is 9.46 Å².